The molecular weight excluding hydrogens is 580 g/mol. The van der Waals surface area contributed by atoms with Crippen molar-refractivity contribution < 1.29 is 14.0 Å². The van der Waals surface area contributed by atoms with Gasteiger partial charge in [-0.2, -0.15) is 0 Å². The molecule has 1 saturated heterocycles. The highest BCUT2D eigenvalue weighted by molar-refractivity contribution is 5.80. The summed E-state index contributed by atoms with van der Waals surface area (Å²) in [6.45, 7) is 9.01. The predicted octanol–water partition coefficient (Wildman–Crippen LogP) is 6.68. The molecule has 0 bridgehead atoms. The Hall–Kier alpha value is -4.76. The van der Waals surface area contributed by atoms with Crippen LogP contribution in [0, 0.1) is 0 Å². The minimum atomic E-state index is -0.597. The topological polar surface area (TPSA) is 112 Å². The summed E-state index contributed by atoms with van der Waals surface area (Å²) < 4.78 is 18.6. The van der Waals surface area contributed by atoms with E-state index in [1.54, 1.807) is 4.57 Å². The summed E-state index contributed by atoms with van der Waals surface area (Å²) in [5.41, 5.74) is 5.74. The lowest BCUT2D eigenvalue weighted by Crippen LogP contribution is -2.39. The van der Waals surface area contributed by atoms with E-state index < -0.39 is 5.76 Å². The molecule has 3 heterocycles. The zero-order valence-corrected chi connectivity index (χ0v) is 26.8. The number of hydrogen-bond donors (Lipinski definition) is 1. The van der Waals surface area contributed by atoms with Gasteiger partial charge in [-0.25, -0.2) is 9.78 Å². The first-order chi connectivity index (χ1) is 22.2. The monoisotopic (exact) mass is 620 g/mol. The summed E-state index contributed by atoms with van der Waals surface area (Å²) in [5, 5.41) is 3.87. The third-order valence-corrected chi connectivity index (χ3v) is 8.45. The van der Waals surface area contributed by atoms with Crippen LogP contribution in [0.4, 0.5) is 0 Å². The van der Waals surface area contributed by atoms with E-state index in [-0.39, 0.29) is 17.3 Å². The first-order valence-corrected chi connectivity index (χ1v) is 16.0. The van der Waals surface area contributed by atoms with Crippen molar-refractivity contribution in [1.82, 2.24) is 19.7 Å². The fourth-order valence-electron chi connectivity index (χ4n) is 6.21. The lowest BCUT2D eigenvalue weighted by Gasteiger charge is -2.35. The minimum Gasteiger partial charge on any atom is -0.490 e. The van der Waals surface area contributed by atoms with Crippen LogP contribution in [0.5, 0.6) is 5.75 Å². The van der Waals surface area contributed by atoms with Crippen LogP contribution in [-0.2, 0) is 24.0 Å². The number of ether oxygens (including phenoxy) is 2. The van der Waals surface area contributed by atoms with Gasteiger partial charge in [0.25, 0.3) is 5.56 Å². The molecule has 1 unspecified atom stereocenters. The van der Waals surface area contributed by atoms with Gasteiger partial charge in [-0.05, 0) is 61.2 Å². The highest BCUT2D eigenvalue weighted by Gasteiger charge is 2.30. The van der Waals surface area contributed by atoms with Crippen molar-refractivity contribution in [2.45, 2.75) is 77.9 Å². The van der Waals surface area contributed by atoms with Crippen LogP contribution < -0.4 is 16.1 Å². The number of hydrogen-bond acceptors (Lipinski definition) is 7. The molecule has 1 N–H and O–H groups in total. The number of nitrogens with zero attached hydrogens (tertiary/aromatic N) is 3. The SMILES string of the molecule is CCCc1nc(CC)n(-c2ccc(OC3CCOC(C)(C)C3)cc2)c(=O)c1Cc1ccc(-c2ccccc2-c2noc(=O)[nH]2)cc1. The Labute approximate surface area is 268 Å². The largest absolute Gasteiger partial charge is 0.490 e. The molecule has 0 saturated carbocycles. The van der Waals surface area contributed by atoms with Gasteiger partial charge in [-0.3, -0.25) is 18.9 Å². The maximum atomic E-state index is 14.2. The van der Waals surface area contributed by atoms with Crippen molar-refractivity contribution in [1.29, 1.82) is 0 Å². The quantitative estimate of drug-likeness (QED) is 0.185. The molecule has 6 rings (SSSR count). The van der Waals surface area contributed by atoms with Gasteiger partial charge >= 0.3 is 5.76 Å². The Morgan fingerprint density at radius 3 is 2.37 bits per heavy atom. The third-order valence-electron chi connectivity index (χ3n) is 8.45. The molecule has 5 aromatic rings. The summed E-state index contributed by atoms with van der Waals surface area (Å²) in [5.74, 6) is 1.31. The zero-order chi connectivity index (χ0) is 32.3. The molecule has 238 valence electrons. The van der Waals surface area contributed by atoms with Crippen LogP contribution in [0.15, 0.2) is 86.9 Å². The molecule has 1 fully saturated rings. The normalized spacial score (nSPS) is 16.0. The van der Waals surface area contributed by atoms with E-state index in [2.05, 4.69) is 30.9 Å². The smallest absolute Gasteiger partial charge is 0.439 e. The second-order valence-corrected chi connectivity index (χ2v) is 12.4. The molecule has 0 amide bonds. The average Bonchev–Trinajstić information content (AvgIpc) is 3.49. The predicted molar refractivity (Wildman–Crippen MR) is 178 cm³/mol. The maximum Gasteiger partial charge on any atom is 0.439 e. The van der Waals surface area contributed by atoms with Crippen LogP contribution >= 0.6 is 0 Å². The molecule has 0 radical (unpaired) electrons. The highest BCUT2D eigenvalue weighted by atomic mass is 16.5. The van der Waals surface area contributed by atoms with Crippen molar-refractivity contribution in [3.05, 3.63) is 116 Å². The van der Waals surface area contributed by atoms with Crippen molar-refractivity contribution in [2.24, 2.45) is 0 Å². The maximum absolute atomic E-state index is 14.2. The van der Waals surface area contributed by atoms with Gasteiger partial charge < -0.3 is 9.47 Å². The number of rotatable bonds is 10. The average molecular weight is 621 g/mol. The van der Waals surface area contributed by atoms with Crippen LogP contribution in [0.25, 0.3) is 28.2 Å². The van der Waals surface area contributed by atoms with E-state index in [0.29, 0.717) is 30.8 Å². The van der Waals surface area contributed by atoms with Crippen molar-refractivity contribution in [3.8, 4) is 34.0 Å². The molecular formula is C37H40N4O5. The van der Waals surface area contributed by atoms with Gasteiger partial charge in [0.1, 0.15) is 17.7 Å². The second-order valence-electron chi connectivity index (χ2n) is 12.4. The van der Waals surface area contributed by atoms with Crippen molar-refractivity contribution >= 4 is 0 Å². The molecule has 1 aliphatic rings. The lowest BCUT2D eigenvalue weighted by atomic mass is 9.96. The number of aryl methyl sites for hydroxylation is 2. The Morgan fingerprint density at radius 2 is 1.72 bits per heavy atom. The first-order valence-electron chi connectivity index (χ1n) is 16.0. The molecule has 1 atom stereocenters. The number of aromatic amines is 1. The Morgan fingerprint density at radius 1 is 0.978 bits per heavy atom. The minimum absolute atomic E-state index is 0.0421. The summed E-state index contributed by atoms with van der Waals surface area (Å²) in [4.78, 5) is 33.5. The molecule has 1 aliphatic heterocycles. The van der Waals surface area contributed by atoms with E-state index in [1.165, 1.54) is 0 Å². The third kappa shape index (κ3) is 6.74. The Kier molecular flexibility index (Phi) is 9.03. The molecule has 0 aliphatic carbocycles. The summed E-state index contributed by atoms with van der Waals surface area (Å²) >= 11 is 0. The molecule has 3 aromatic carbocycles. The van der Waals surface area contributed by atoms with Crippen LogP contribution in [0.1, 0.15) is 69.6 Å². The van der Waals surface area contributed by atoms with E-state index in [9.17, 15) is 9.59 Å². The summed E-state index contributed by atoms with van der Waals surface area (Å²) in [7, 11) is 0. The van der Waals surface area contributed by atoms with Crippen molar-refractivity contribution in [3.63, 3.8) is 0 Å². The Bertz CT molecular complexity index is 1920. The van der Waals surface area contributed by atoms with Crippen LogP contribution in [0.2, 0.25) is 0 Å². The van der Waals surface area contributed by atoms with Gasteiger partial charge in [-0.15, -0.1) is 0 Å². The second kappa shape index (κ2) is 13.3. The zero-order valence-electron chi connectivity index (χ0n) is 26.8. The van der Waals surface area contributed by atoms with E-state index in [4.69, 9.17) is 19.0 Å². The van der Waals surface area contributed by atoms with E-state index in [0.717, 1.165) is 70.9 Å². The number of aromatic nitrogens is 4. The molecule has 2 aromatic heterocycles. The van der Waals surface area contributed by atoms with E-state index >= 15 is 0 Å². The van der Waals surface area contributed by atoms with E-state index in [1.807, 2.05) is 79.7 Å². The van der Waals surface area contributed by atoms with Gasteiger partial charge in [0, 0.05) is 36.8 Å². The molecule has 46 heavy (non-hydrogen) atoms. The standard InChI is InChI=1S/C37H40N4O5/c1-5-9-32-31(22-24-12-14-25(15-13-24)29-10-7-8-11-30(29)34-39-36(43)46-40-34)35(42)41(33(6-2)38-32)26-16-18-27(19-17-26)45-28-20-21-44-37(3,4)23-28/h7-8,10-19,28H,5-6,9,20-23H2,1-4H3,(H,39,40,43). The summed E-state index contributed by atoms with van der Waals surface area (Å²) in [6, 6.07) is 23.6. The first kappa shape index (κ1) is 31.2. The van der Waals surface area contributed by atoms with Crippen LogP contribution in [-0.4, -0.2) is 38.0 Å². The number of nitrogens with one attached hydrogen (secondary N) is 1. The van der Waals surface area contributed by atoms with Gasteiger partial charge in [0.05, 0.1) is 23.6 Å². The fourth-order valence-corrected chi connectivity index (χ4v) is 6.21. The highest BCUT2D eigenvalue weighted by Crippen LogP contribution is 2.31. The van der Waals surface area contributed by atoms with Crippen LogP contribution in [0.3, 0.4) is 0 Å². The fraction of sp³-hybridized carbons (Fsp3) is 0.351. The summed E-state index contributed by atoms with van der Waals surface area (Å²) in [6.07, 6.45) is 4.49. The van der Waals surface area contributed by atoms with Gasteiger partial charge in [0.2, 0.25) is 0 Å². The molecule has 9 heteroatoms. The molecule has 9 nitrogen and oxygen atoms in total. The Balaban J connectivity index is 1.29. The van der Waals surface area contributed by atoms with Gasteiger partial charge in [-0.1, -0.05) is 74.0 Å². The number of benzene rings is 3. The van der Waals surface area contributed by atoms with Gasteiger partial charge in [0.15, 0.2) is 5.82 Å². The number of H-pyrrole nitrogens is 1. The lowest BCUT2D eigenvalue weighted by molar-refractivity contribution is -0.0897. The van der Waals surface area contributed by atoms with Crippen molar-refractivity contribution in [2.75, 3.05) is 6.61 Å². The molecule has 0 spiro atoms.